The summed E-state index contributed by atoms with van der Waals surface area (Å²) in [4.78, 5) is 37.0. The SMILES string of the molecule is C[C@@]12C(=O)CC[C@H]1[C@@H]1CCC3=CC(=O)CC[C@]3(C)[C@H]1CC2=O. The summed E-state index contributed by atoms with van der Waals surface area (Å²) in [6.07, 6.45) is 7.36. The van der Waals surface area contributed by atoms with Crippen molar-refractivity contribution in [2.24, 2.45) is 28.6 Å². The lowest BCUT2D eigenvalue weighted by molar-refractivity contribution is -0.150. The van der Waals surface area contributed by atoms with Crippen LogP contribution in [0, 0.1) is 28.6 Å². The number of carbonyl (C=O) groups is 3. The molecule has 0 aromatic rings. The Kier molecular flexibility index (Phi) is 2.87. The number of rotatable bonds is 0. The van der Waals surface area contributed by atoms with Gasteiger partial charge in [0.05, 0.1) is 5.41 Å². The lowest BCUT2D eigenvalue weighted by atomic mass is 9.47. The number of ketones is 3. The van der Waals surface area contributed by atoms with Crippen LogP contribution in [-0.2, 0) is 14.4 Å². The highest BCUT2D eigenvalue weighted by Gasteiger charge is 2.62. The van der Waals surface area contributed by atoms with Gasteiger partial charge in [-0.05, 0) is 61.9 Å². The molecule has 0 spiro atoms. The van der Waals surface area contributed by atoms with E-state index in [1.807, 2.05) is 13.0 Å². The lowest BCUT2D eigenvalue weighted by Crippen LogP contribution is -2.54. The van der Waals surface area contributed by atoms with Crippen LogP contribution in [0.3, 0.4) is 0 Å². The first kappa shape index (κ1) is 14.3. The Bertz CT molecular complexity index is 616. The number of allylic oxidation sites excluding steroid dienone is 1. The average molecular weight is 300 g/mol. The fourth-order valence-corrected chi connectivity index (χ4v) is 6.07. The Morgan fingerprint density at radius 1 is 0.955 bits per heavy atom. The van der Waals surface area contributed by atoms with E-state index in [0.717, 1.165) is 25.7 Å². The third-order valence-corrected chi connectivity index (χ3v) is 7.55. The Morgan fingerprint density at radius 3 is 2.50 bits per heavy atom. The highest BCUT2D eigenvalue weighted by molar-refractivity contribution is 6.09. The van der Waals surface area contributed by atoms with Gasteiger partial charge in [0.25, 0.3) is 0 Å². The Balaban J connectivity index is 1.76. The van der Waals surface area contributed by atoms with Crippen molar-refractivity contribution in [1.82, 2.24) is 0 Å². The topological polar surface area (TPSA) is 51.2 Å². The van der Waals surface area contributed by atoms with Crippen molar-refractivity contribution in [3.05, 3.63) is 11.6 Å². The van der Waals surface area contributed by atoms with Gasteiger partial charge in [0.2, 0.25) is 0 Å². The predicted molar refractivity (Wildman–Crippen MR) is 82.1 cm³/mol. The molecule has 0 unspecified atom stereocenters. The molecule has 0 saturated heterocycles. The van der Waals surface area contributed by atoms with E-state index in [0.29, 0.717) is 31.1 Å². The normalized spacial score (nSPS) is 47.6. The van der Waals surface area contributed by atoms with E-state index in [2.05, 4.69) is 6.92 Å². The fraction of sp³-hybridized carbons (Fsp3) is 0.737. The fourth-order valence-electron chi connectivity index (χ4n) is 6.07. The molecule has 0 amide bonds. The summed E-state index contributed by atoms with van der Waals surface area (Å²) in [5.74, 6) is 1.63. The average Bonchev–Trinajstić information content (AvgIpc) is 2.79. The summed E-state index contributed by atoms with van der Waals surface area (Å²) in [6, 6.07) is 0. The molecular formula is C19H24O3. The molecule has 5 atom stereocenters. The minimum atomic E-state index is -0.705. The van der Waals surface area contributed by atoms with Crippen LogP contribution >= 0.6 is 0 Å². The molecule has 0 N–H and O–H groups in total. The van der Waals surface area contributed by atoms with Gasteiger partial charge < -0.3 is 0 Å². The van der Waals surface area contributed by atoms with Crippen LogP contribution in [0.5, 0.6) is 0 Å². The molecule has 22 heavy (non-hydrogen) atoms. The standard InChI is InChI=1S/C19H24O3/c1-18-8-7-12(20)9-11(18)3-4-13-14-5-6-16(21)19(14,2)17(22)10-15(13)18/h9,13-15H,3-8,10H2,1-2H3/t13-,14-,15-,18-,19-/m0/s1. The van der Waals surface area contributed by atoms with Crippen LogP contribution in [0.1, 0.15) is 58.8 Å². The molecule has 3 fully saturated rings. The summed E-state index contributed by atoms with van der Waals surface area (Å²) >= 11 is 0. The van der Waals surface area contributed by atoms with E-state index in [1.54, 1.807) is 0 Å². The van der Waals surface area contributed by atoms with E-state index in [4.69, 9.17) is 0 Å². The van der Waals surface area contributed by atoms with Gasteiger partial charge in [-0.2, -0.15) is 0 Å². The monoisotopic (exact) mass is 300 g/mol. The number of fused-ring (bicyclic) bond motifs is 5. The molecule has 0 bridgehead atoms. The Morgan fingerprint density at radius 2 is 1.73 bits per heavy atom. The largest absolute Gasteiger partial charge is 0.299 e. The lowest BCUT2D eigenvalue weighted by Gasteiger charge is -2.56. The van der Waals surface area contributed by atoms with Crippen LogP contribution < -0.4 is 0 Å². The van der Waals surface area contributed by atoms with Crippen molar-refractivity contribution in [1.29, 1.82) is 0 Å². The molecule has 118 valence electrons. The van der Waals surface area contributed by atoms with Crippen molar-refractivity contribution >= 4 is 17.3 Å². The zero-order chi connectivity index (χ0) is 15.7. The summed E-state index contributed by atoms with van der Waals surface area (Å²) in [6.45, 7) is 4.17. The Labute approximate surface area is 131 Å². The number of Topliss-reactive ketones (excluding diaryl/α,β-unsaturated/α-hetero) is 2. The summed E-state index contributed by atoms with van der Waals surface area (Å²) in [7, 11) is 0. The maximum atomic E-state index is 12.8. The highest BCUT2D eigenvalue weighted by Crippen LogP contribution is 2.63. The van der Waals surface area contributed by atoms with Crippen molar-refractivity contribution in [3.8, 4) is 0 Å². The van der Waals surface area contributed by atoms with E-state index in [9.17, 15) is 14.4 Å². The van der Waals surface area contributed by atoms with Gasteiger partial charge >= 0.3 is 0 Å². The minimum absolute atomic E-state index is 0.000541. The number of carbonyl (C=O) groups excluding carboxylic acids is 3. The molecule has 0 aromatic heterocycles. The maximum Gasteiger partial charge on any atom is 0.155 e. The van der Waals surface area contributed by atoms with Crippen LogP contribution in [0.25, 0.3) is 0 Å². The van der Waals surface area contributed by atoms with E-state index < -0.39 is 5.41 Å². The minimum Gasteiger partial charge on any atom is -0.299 e. The number of hydrogen-bond acceptors (Lipinski definition) is 3. The van der Waals surface area contributed by atoms with E-state index >= 15 is 0 Å². The van der Waals surface area contributed by atoms with Crippen molar-refractivity contribution < 1.29 is 14.4 Å². The first-order chi connectivity index (χ1) is 10.4. The highest BCUT2D eigenvalue weighted by atomic mass is 16.2. The molecule has 3 nitrogen and oxygen atoms in total. The second kappa shape index (κ2) is 4.39. The number of hydrogen-bond donors (Lipinski definition) is 0. The summed E-state index contributed by atoms with van der Waals surface area (Å²) in [5.41, 5.74) is 0.564. The van der Waals surface area contributed by atoms with Gasteiger partial charge in [-0.1, -0.05) is 12.5 Å². The smallest absolute Gasteiger partial charge is 0.155 e. The second-order valence-electron chi connectivity index (χ2n) is 8.26. The van der Waals surface area contributed by atoms with Gasteiger partial charge in [0.1, 0.15) is 11.6 Å². The van der Waals surface area contributed by atoms with Gasteiger partial charge in [0, 0.05) is 19.3 Å². The zero-order valence-electron chi connectivity index (χ0n) is 13.5. The predicted octanol–water partition coefficient (Wildman–Crippen LogP) is 3.27. The molecule has 0 heterocycles. The second-order valence-corrected chi connectivity index (χ2v) is 8.26. The van der Waals surface area contributed by atoms with Gasteiger partial charge in [-0.25, -0.2) is 0 Å². The van der Waals surface area contributed by atoms with Crippen LogP contribution in [0.4, 0.5) is 0 Å². The van der Waals surface area contributed by atoms with E-state index in [1.165, 1.54) is 5.57 Å². The third kappa shape index (κ3) is 1.60. The van der Waals surface area contributed by atoms with Gasteiger partial charge in [-0.3, -0.25) is 14.4 Å². The molecular weight excluding hydrogens is 276 g/mol. The van der Waals surface area contributed by atoms with Gasteiger partial charge in [0.15, 0.2) is 5.78 Å². The molecule has 3 heteroatoms. The summed E-state index contributed by atoms with van der Waals surface area (Å²) < 4.78 is 0. The maximum absolute atomic E-state index is 12.8. The van der Waals surface area contributed by atoms with Crippen molar-refractivity contribution in [2.45, 2.75) is 58.8 Å². The molecule has 3 saturated carbocycles. The molecule has 0 radical (unpaired) electrons. The van der Waals surface area contributed by atoms with Crippen molar-refractivity contribution in [3.63, 3.8) is 0 Å². The van der Waals surface area contributed by atoms with Crippen LogP contribution in [0.15, 0.2) is 11.6 Å². The van der Waals surface area contributed by atoms with Crippen LogP contribution in [-0.4, -0.2) is 17.3 Å². The zero-order valence-corrected chi connectivity index (χ0v) is 13.5. The third-order valence-electron chi connectivity index (χ3n) is 7.55. The van der Waals surface area contributed by atoms with Crippen molar-refractivity contribution in [2.75, 3.05) is 0 Å². The molecule has 4 rings (SSSR count). The Hall–Kier alpha value is -1.25. The molecule has 4 aliphatic rings. The van der Waals surface area contributed by atoms with E-state index in [-0.39, 0.29) is 28.7 Å². The molecule has 4 aliphatic carbocycles. The first-order valence-corrected chi connectivity index (χ1v) is 8.68. The van der Waals surface area contributed by atoms with Gasteiger partial charge in [-0.15, -0.1) is 0 Å². The first-order valence-electron chi connectivity index (χ1n) is 8.68. The molecule has 0 aromatic carbocycles. The molecule has 0 aliphatic heterocycles. The van der Waals surface area contributed by atoms with Crippen LogP contribution in [0.2, 0.25) is 0 Å². The summed E-state index contributed by atoms with van der Waals surface area (Å²) in [5, 5.41) is 0. The quantitative estimate of drug-likeness (QED) is 0.645.